The molecule has 2 rings (SSSR count). The molecule has 0 aliphatic rings. The molecule has 0 fully saturated rings. The number of hydrogen-bond acceptors (Lipinski definition) is 6. The Balaban J connectivity index is 2.37. The lowest BCUT2D eigenvalue weighted by Crippen LogP contribution is -2.33. The number of carbonyl (C=O) groups excluding carboxylic acids is 1. The summed E-state index contributed by atoms with van der Waals surface area (Å²) in [5.74, 6) is -2.04. The molecule has 1 unspecified atom stereocenters. The second-order valence-corrected chi connectivity index (χ2v) is 8.46. The molecule has 31 heavy (non-hydrogen) atoms. The van der Waals surface area contributed by atoms with Crippen LogP contribution in [0.25, 0.3) is 0 Å². The van der Waals surface area contributed by atoms with Crippen LogP contribution in [0.5, 0.6) is 0 Å². The van der Waals surface area contributed by atoms with Gasteiger partial charge in [0, 0.05) is 35.8 Å². The Bertz CT molecular complexity index is 981. The molecular weight excluding hydrogens is 446 g/mol. The van der Waals surface area contributed by atoms with Gasteiger partial charge in [0.25, 0.3) is 10.8 Å². The highest BCUT2D eigenvalue weighted by Gasteiger charge is 2.31. The molecule has 9 nitrogen and oxygen atoms in total. The highest BCUT2D eigenvalue weighted by molar-refractivity contribution is 7.89. The van der Waals surface area contributed by atoms with E-state index in [-0.39, 0.29) is 26.7 Å². The number of rotatable bonds is 10. The highest BCUT2D eigenvalue weighted by Crippen LogP contribution is 2.29. The number of nitrogens with zero attached hydrogens (tertiary/aromatic N) is 2. The SMILES string of the molecule is CCCN(CCC)[S+]([O-])c1ccc(C(=O)Nc2ccc(Cl)cc2C(=O)O)cc1[N+](=O)[O-]. The fourth-order valence-corrected chi connectivity index (χ4v) is 4.51. The lowest BCUT2D eigenvalue weighted by Gasteiger charge is -2.22. The third kappa shape index (κ3) is 6.17. The summed E-state index contributed by atoms with van der Waals surface area (Å²) >= 11 is 4.05. The summed E-state index contributed by atoms with van der Waals surface area (Å²) in [6, 6.07) is 7.58. The maximum atomic E-state index is 12.9. The van der Waals surface area contributed by atoms with Crippen LogP contribution in [0.3, 0.4) is 0 Å². The van der Waals surface area contributed by atoms with Gasteiger partial charge in [0.2, 0.25) is 0 Å². The van der Waals surface area contributed by atoms with E-state index in [0.717, 1.165) is 18.9 Å². The second kappa shape index (κ2) is 11.1. The molecule has 2 aromatic rings. The smallest absolute Gasteiger partial charge is 0.337 e. The first-order chi connectivity index (χ1) is 14.7. The van der Waals surface area contributed by atoms with E-state index >= 15 is 0 Å². The fraction of sp³-hybridized carbons (Fsp3) is 0.300. The Kier molecular flexibility index (Phi) is 8.81. The molecular formula is C20H22ClN3O6S. The molecule has 11 heteroatoms. The number of aromatic carboxylic acids is 1. The van der Waals surface area contributed by atoms with Gasteiger partial charge >= 0.3 is 11.7 Å². The topological polar surface area (TPSA) is 136 Å². The van der Waals surface area contributed by atoms with Gasteiger partial charge in [0.15, 0.2) is 0 Å². The molecule has 0 saturated heterocycles. The van der Waals surface area contributed by atoms with Gasteiger partial charge in [-0.25, -0.2) is 4.79 Å². The van der Waals surface area contributed by atoms with Crippen molar-refractivity contribution in [3.63, 3.8) is 0 Å². The van der Waals surface area contributed by atoms with Crippen molar-refractivity contribution in [1.29, 1.82) is 0 Å². The van der Waals surface area contributed by atoms with Gasteiger partial charge in [-0.3, -0.25) is 14.9 Å². The number of anilines is 1. The number of benzene rings is 2. The van der Waals surface area contributed by atoms with Crippen molar-refractivity contribution in [2.45, 2.75) is 31.6 Å². The Morgan fingerprint density at radius 3 is 2.35 bits per heavy atom. The number of nitrogens with one attached hydrogen (secondary N) is 1. The number of nitro benzene ring substituents is 1. The van der Waals surface area contributed by atoms with Crippen molar-refractivity contribution in [2.24, 2.45) is 0 Å². The van der Waals surface area contributed by atoms with Crippen LogP contribution in [-0.2, 0) is 11.4 Å². The van der Waals surface area contributed by atoms with Gasteiger partial charge in [-0.15, -0.1) is 4.31 Å². The van der Waals surface area contributed by atoms with Gasteiger partial charge in [-0.2, -0.15) is 0 Å². The summed E-state index contributed by atoms with van der Waals surface area (Å²) in [7, 11) is 0. The molecule has 0 aliphatic carbocycles. The summed E-state index contributed by atoms with van der Waals surface area (Å²) < 4.78 is 14.6. The van der Waals surface area contributed by atoms with Gasteiger partial charge in [0.05, 0.1) is 27.5 Å². The lowest BCUT2D eigenvalue weighted by atomic mass is 10.1. The van der Waals surface area contributed by atoms with E-state index in [4.69, 9.17) is 11.6 Å². The molecule has 0 heterocycles. The van der Waals surface area contributed by atoms with Crippen LogP contribution in [-0.4, -0.2) is 43.9 Å². The molecule has 1 amide bonds. The molecule has 0 aromatic heterocycles. The summed E-state index contributed by atoms with van der Waals surface area (Å²) in [6.45, 7) is 4.86. The van der Waals surface area contributed by atoms with E-state index < -0.39 is 33.8 Å². The van der Waals surface area contributed by atoms with E-state index in [1.54, 1.807) is 4.31 Å². The third-order valence-corrected chi connectivity index (χ3v) is 6.04. The average Bonchev–Trinajstić information content (AvgIpc) is 2.73. The van der Waals surface area contributed by atoms with Crippen LogP contribution in [0, 0.1) is 10.1 Å². The van der Waals surface area contributed by atoms with Gasteiger partial charge < -0.3 is 15.0 Å². The maximum absolute atomic E-state index is 12.9. The molecule has 0 radical (unpaired) electrons. The molecule has 0 spiro atoms. The number of hydrogen-bond donors (Lipinski definition) is 2. The van der Waals surface area contributed by atoms with Crippen LogP contribution in [0.4, 0.5) is 11.4 Å². The van der Waals surface area contributed by atoms with Crippen LogP contribution in [0.2, 0.25) is 5.02 Å². The zero-order valence-electron chi connectivity index (χ0n) is 17.0. The van der Waals surface area contributed by atoms with E-state index in [2.05, 4.69) is 5.32 Å². The van der Waals surface area contributed by atoms with Gasteiger partial charge in [-0.05, 0) is 37.1 Å². The first kappa shape index (κ1) is 24.6. The van der Waals surface area contributed by atoms with Crippen molar-refractivity contribution in [3.05, 3.63) is 62.7 Å². The Hall–Kier alpha value is -2.66. The largest absolute Gasteiger partial charge is 0.593 e. The highest BCUT2D eigenvalue weighted by atomic mass is 35.5. The third-order valence-electron chi connectivity index (χ3n) is 4.25. The standard InChI is InChI=1S/C20H22ClN3O6S/c1-3-9-23(10-4-2)31(30)18-8-5-13(11-17(18)24(28)29)19(25)22-16-7-6-14(21)12-15(16)20(26)27/h5-8,11-12H,3-4,9-10H2,1-2H3,(H,22,25)(H,26,27). The van der Waals surface area contributed by atoms with Crippen molar-refractivity contribution in [1.82, 2.24) is 4.31 Å². The zero-order chi connectivity index (χ0) is 23.1. The normalized spacial score (nSPS) is 11.9. The van der Waals surface area contributed by atoms with Crippen LogP contribution < -0.4 is 5.32 Å². The second-order valence-electron chi connectivity index (χ2n) is 6.57. The molecule has 166 valence electrons. The van der Waals surface area contributed by atoms with Crippen molar-refractivity contribution in [3.8, 4) is 0 Å². The molecule has 2 aromatic carbocycles. The van der Waals surface area contributed by atoms with Crippen molar-refractivity contribution >= 4 is 46.2 Å². The Labute approximate surface area is 187 Å². The number of carboxylic acids is 1. The van der Waals surface area contributed by atoms with Crippen LogP contribution >= 0.6 is 11.6 Å². The first-order valence-corrected chi connectivity index (χ1v) is 11.0. The number of nitro groups is 1. The van der Waals surface area contributed by atoms with Crippen molar-refractivity contribution < 1.29 is 24.2 Å². The minimum absolute atomic E-state index is 0.00108. The minimum atomic E-state index is -1.76. The zero-order valence-corrected chi connectivity index (χ0v) is 18.5. The quantitative estimate of drug-likeness (QED) is 0.301. The Morgan fingerprint density at radius 2 is 1.81 bits per heavy atom. The number of carbonyl (C=O) groups is 2. The number of halogens is 1. The van der Waals surface area contributed by atoms with Crippen LogP contribution in [0.15, 0.2) is 41.3 Å². The minimum Gasteiger partial charge on any atom is -0.593 e. The van der Waals surface area contributed by atoms with E-state index in [1.165, 1.54) is 30.3 Å². The number of amides is 1. The van der Waals surface area contributed by atoms with Crippen molar-refractivity contribution in [2.75, 3.05) is 18.4 Å². The van der Waals surface area contributed by atoms with E-state index in [0.29, 0.717) is 13.1 Å². The molecule has 0 bridgehead atoms. The summed E-state index contributed by atoms with van der Waals surface area (Å²) in [6.07, 6.45) is 1.46. The first-order valence-electron chi connectivity index (χ1n) is 9.49. The van der Waals surface area contributed by atoms with E-state index in [9.17, 15) is 29.4 Å². The predicted octanol–water partition coefficient (Wildman–Crippen LogP) is 4.34. The Morgan fingerprint density at radius 1 is 1.16 bits per heavy atom. The van der Waals surface area contributed by atoms with Gasteiger partial charge in [0.1, 0.15) is 0 Å². The van der Waals surface area contributed by atoms with E-state index in [1.807, 2.05) is 13.8 Å². The molecule has 0 saturated carbocycles. The maximum Gasteiger partial charge on any atom is 0.337 e. The number of carboxylic acid groups (broad SMARTS) is 1. The summed E-state index contributed by atoms with van der Waals surface area (Å²) in [5, 5.41) is 23.5. The average molecular weight is 468 g/mol. The molecule has 0 aliphatic heterocycles. The lowest BCUT2D eigenvalue weighted by molar-refractivity contribution is -0.387. The summed E-state index contributed by atoms with van der Waals surface area (Å²) in [4.78, 5) is 34.9. The monoisotopic (exact) mass is 467 g/mol. The predicted molar refractivity (Wildman–Crippen MR) is 118 cm³/mol. The molecule has 2 N–H and O–H groups in total. The van der Waals surface area contributed by atoms with Crippen LogP contribution in [0.1, 0.15) is 47.4 Å². The fourth-order valence-electron chi connectivity index (χ4n) is 2.86. The van der Waals surface area contributed by atoms with Gasteiger partial charge in [-0.1, -0.05) is 25.4 Å². The summed E-state index contributed by atoms with van der Waals surface area (Å²) in [5.41, 5.74) is -0.744. The molecule has 1 atom stereocenters.